The molecule has 2 aromatic rings. The molecule has 2 aromatic heterocycles. The molecule has 0 aromatic carbocycles. The maximum Gasteiger partial charge on any atom is 0.188 e. The normalized spacial score (nSPS) is 10.4. The van der Waals surface area contributed by atoms with Gasteiger partial charge in [-0.2, -0.15) is 0 Å². The summed E-state index contributed by atoms with van der Waals surface area (Å²) < 4.78 is 1.11. The minimum Gasteiger partial charge on any atom is -0.326 e. The first-order valence-electron chi connectivity index (χ1n) is 3.95. The molecule has 0 aliphatic rings. The van der Waals surface area contributed by atoms with E-state index >= 15 is 0 Å². The molecule has 0 spiro atoms. The lowest BCUT2D eigenvalue weighted by Crippen LogP contribution is -1.91. The van der Waals surface area contributed by atoms with Crippen molar-refractivity contribution in [2.24, 2.45) is 5.73 Å². The van der Waals surface area contributed by atoms with E-state index in [0.29, 0.717) is 6.54 Å². The Bertz CT molecular complexity index is 424. The van der Waals surface area contributed by atoms with Crippen molar-refractivity contribution in [1.29, 1.82) is 0 Å². The fourth-order valence-corrected chi connectivity index (χ4v) is 3.00. The van der Waals surface area contributed by atoms with E-state index in [0.717, 1.165) is 18.8 Å². The van der Waals surface area contributed by atoms with Gasteiger partial charge in [-0.1, -0.05) is 0 Å². The number of hydrogen-bond donors (Lipinski definition) is 2. The summed E-state index contributed by atoms with van der Waals surface area (Å²) in [6.45, 7) is 0.549. The van der Waals surface area contributed by atoms with Gasteiger partial charge >= 0.3 is 0 Å². The van der Waals surface area contributed by atoms with Gasteiger partial charge in [0.1, 0.15) is 0 Å². The van der Waals surface area contributed by atoms with Crippen molar-refractivity contribution in [3.63, 3.8) is 0 Å². The number of anilines is 2. The molecule has 0 aliphatic heterocycles. The van der Waals surface area contributed by atoms with Crippen LogP contribution in [-0.4, -0.2) is 4.98 Å². The van der Waals surface area contributed by atoms with Crippen LogP contribution in [0, 0.1) is 0 Å². The Balaban J connectivity index is 2.10. The zero-order valence-corrected chi connectivity index (χ0v) is 10.4. The number of nitrogens with two attached hydrogens (primary N) is 1. The maximum absolute atomic E-state index is 5.50. The maximum atomic E-state index is 5.50. The number of rotatable bonds is 3. The van der Waals surface area contributed by atoms with Crippen LogP contribution in [0.2, 0.25) is 0 Å². The molecule has 3 nitrogen and oxygen atoms in total. The van der Waals surface area contributed by atoms with Gasteiger partial charge in [-0.15, -0.1) is 22.7 Å². The highest BCUT2D eigenvalue weighted by Crippen LogP contribution is 2.30. The number of nitrogens with zero attached hydrogens (tertiary/aromatic N) is 1. The van der Waals surface area contributed by atoms with E-state index in [4.69, 9.17) is 5.73 Å². The molecule has 74 valence electrons. The zero-order chi connectivity index (χ0) is 9.97. The van der Waals surface area contributed by atoms with Gasteiger partial charge < -0.3 is 11.1 Å². The summed E-state index contributed by atoms with van der Waals surface area (Å²) in [6.07, 6.45) is 1.80. The van der Waals surface area contributed by atoms with Crippen LogP contribution in [0.1, 0.15) is 4.88 Å². The van der Waals surface area contributed by atoms with E-state index in [9.17, 15) is 0 Å². The van der Waals surface area contributed by atoms with Crippen molar-refractivity contribution >= 4 is 48.7 Å². The third-order valence-electron chi connectivity index (χ3n) is 1.56. The van der Waals surface area contributed by atoms with Crippen LogP contribution in [0.25, 0.3) is 0 Å². The molecule has 0 bridgehead atoms. The standard InChI is InChI=1S/C8H8BrN3S2/c9-6-1-2-7(14-6)12-8-11-4-5(3-10)13-8/h1-2,4H,3,10H2,(H,11,12). The van der Waals surface area contributed by atoms with Gasteiger partial charge in [-0.25, -0.2) is 4.98 Å². The molecular formula is C8H8BrN3S2. The summed E-state index contributed by atoms with van der Waals surface area (Å²) in [5.41, 5.74) is 5.50. The Hall–Kier alpha value is -0.430. The van der Waals surface area contributed by atoms with Crippen molar-refractivity contribution in [3.8, 4) is 0 Å². The van der Waals surface area contributed by atoms with E-state index in [1.165, 1.54) is 0 Å². The SMILES string of the molecule is NCc1cnc(Nc2ccc(Br)s2)s1. The fraction of sp³-hybridized carbons (Fsp3) is 0.125. The predicted octanol–water partition coefficient (Wildman–Crippen LogP) is 3.17. The number of nitrogens with one attached hydrogen (secondary N) is 1. The summed E-state index contributed by atoms with van der Waals surface area (Å²) in [5, 5.41) is 5.19. The number of thiazole rings is 1. The van der Waals surface area contributed by atoms with Gasteiger partial charge in [0, 0.05) is 17.6 Å². The Kier molecular flexibility index (Phi) is 3.17. The molecule has 3 N–H and O–H groups in total. The Labute approximate surface area is 98.1 Å². The number of halogens is 1. The first-order valence-corrected chi connectivity index (χ1v) is 6.37. The van der Waals surface area contributed by atoms with Gasteiger partial charge in [0.2, 0.25) is 0 Å². The van der Waals surface area contributed by atoms with Crippen LogP contribution >= 0.6 is 38.6 Å². The molecule has 0 atom stereocenters. The molecule has 2 heterocycles. The van der Waals surface area contributed by atoms with Crippen molar-refractivity contribution in [3.05, 3.63) is 27.0 Å². The van der Waals surface area contributed by atoms with Crippen LogP contribution in [0.5, 0.6) is 0 Å². The van der Waals surface area contributed by atoms with Gasteiger partial charge in [0.25, 0.3) is 0 Å². The Morgan fingerprint density at radius 3 is 2.86 bits per heavy atom. The van der Waals surface area contributed by atoms with Crippen LogP contribution < -0.4 is 11.1 Å². The minimum absolute atomic E-state index is 0.549. The largest absolute Gasteiger partial charge is 0.326 e. The van der Waals surface area contributed by atoms with Crippen LogP contribution in [0.3, 0.4) is 0 Å². The van der Waals surface area contributed by atoms with Crippen molar-refractivity contribution in [2.45, 2.75) is 6.54 Å². The molecule has 0 radical (unpaired) electrons. The first kappa shape index (κ1) is 10.1. The first-order chi connectivity index (χ1) is 6.78. The highest BCUT2D eigenvalue weighted by atomic mass is 79.9. The summed E-state index contributed by atoms with van der Waals surface area (Å²) in [4.78, 5) is 5.30. The van der Waals surface area contributed by atoms with Crippen molar-refractivity contribution in [2.75, 3.05) is 5.32 Å². The molecule has 0 fully saturated rings. The fourth-order valence-electron chi connectivity index (χ4n) is 0.947. The van der Waals surface area contributed by atoms with Crippen molar-refractivity contribution in [1.82, 2.24) is 4.98 Å². The van der Waals surface area contributed by atoms with E-state index < -0.39 is 0 Å². The molecule has 0 aliphatic carbocycles. The monoisotopic (exact) mass is 289 g/mol. The van der Waals surface area contributed by atoms with Crippen LogP contribution in [0.15, 0.2) is 22.1 Å². The Morgan fingerprint density at radius 1 is 1.43 bits per heavy atom. The summed E-state index contributed by atoms with van der Waals surface area (Å²) >= 11 is 6.63. The summed E-state index contributed by atoms with van der Waals surface area (Å²) in [6, 6.07) is 4.02. The van der Waals surface area contributed by atoms with Crippen LogP contribution in [-0.2, 0) is 6.54 Å². The lowest BCUT2D eigenvalue weighted by atomic mass is 10.6. The molecule has 0 saturated carbocycles. The van der Waals surface area contributed by atoms with Gasteiger partial charge in [0.05, 0.1) is 8.79 Å². The molecule has 6 heteroatoms. The summed E-state index contributed by atoms with van der Waals surface area (Å²) in [5.74, 6) is 0. The second-order valence-electron chi connectivity index (χ2n) is 2.56. The quantitative estimate of drug-likeness (QED) is 0.913. The van der Waals surface area contributed by atoms with Crippen molar-refractivity contribution < 1.29 is 0 Å². The zero-order valence-electron chi connectivity index (χ0n) is 7.16. The van der Waals surface area contributed by atoms with Crippen LogP contribution in [0.4, 0.5) is 10.1 Å². The van der Waals surface area contributed by atoms with Gasteiger partial charge in [-0.05, 0) is 28.1 Å². The highest BCUT2D eigenvalue weighted by molar-refractivity contribution is 9.11. The molecule has 14 heavy (non-hydrogen) atoms. The molecule has 0 unspecified atom stereocenters. The van der Waals surface area contributed by atoms with Gasteiger partial charge in [0.15, 0.2) is 5.13 Å². The number of hydrogen-bond acceptors (Lipinski definition) is 5. The minimum atomic E-state index is 0.549. The predicted molar refractivity (Wildman–Crippen MR) is 65.3 cm³/mol. The van der Waals surface area contributed by atoms with E-state index in [1.54, 1.807) is 28.9 Å². The smallest absolute Gasteiger partial charge is 0.188 e. The highest BCUT2D eigenvalue weighted by Gasteiger charge is 2.02. The summed E-state index contributed by atoms with van der Waals surface area (Å²) in [7, 11) is 0. The third kappa shape index (κ3) is 2.33. The van der Waals surface area contributed by atoms with E-state index in [-0.39, 0.29) is 0 Å². The second kappa shape index (κ2) is 4.39. The van der Waals surface area contributed by atoms with E-state index in [2.05, 4.69) is 26.2 Å². The van der Waals surface area contributed by atoms with E-state index in [1.807, 2.05) is 12.1 Å². The average molecular weight is 290 g/mol. The molecule has 2 rings (SSSR count). The van der Waals surface area contributed by atoms with Gasteiger partial charge in [-0.3, -0.25) is 0 Å². The number of aromatic nitrogens is 1. The molecular weight excluding hydrogens is 282 g/mol. The second-order valence-corrected chi connectivity index (χ2v) is 6.14. The lowest BCUT2D eigenvalue weighted by Gasteiger charge is -1.95. The molecule has 0 saturated heterocycles. The topological polar surface area (TPSA) is 50.9 Å². The molecule has 0 amide bonds. The average Bonchev–Trinajstić information content (AvgIpc) is 2.76. The third-order valence-corrected chi connectivity index (χ3v) is 4.03. The number of thiophene rings is 1. The lowest BCUT2D eigenvalue weighted by molar-refractivity contribution is 1.10. The Morgan fingerprint density at radius 2 is 2.29 bits per heavy atom.